The topological polar surface area (TPSA) is 26.3 Å². The molecular weight excluding hydrogens is 305 g/mol. The highest BCUT2D eigenvalue weighted by Gasteiger charge is 2.25. The molecule has 0 saturated heterocycles. The van der Waals surface area contributed by atoms with Crippen LogP contribution in [0.15, 0.2) is 42.5 Å². The number of carbonyl (C=O) groups excluding carboxylic acids is 1. The van der Waals surface area contributed by atoms with Gasteiger partial charge in [-0.1, -0.05) is 24.6 Å². The van der Waals surface area contributed by atoms with E-state index in [0.717, 1.165) is 37.0 Å². The first-order valence-corrected chi connectivity index (χ1v) is 7.45. The molecule has 0 amide bonds. The van der Waals surface area contributed by atoms with Gasteiger partial charge < -0.3 is 4.74 Å². The van der Waals surface area contributed by atoms with Gasteiger partial charge in [0.15, 0.2) is 0 Å². The highest BCUT2D eigenvalue weighted by Crippen LogP contribution is 2.38. The minimum atomic E-state index is -2.90. The smallest absolute Gasteiger partial charge is 0.343 e. The molecule has 3 rings (SSSR count). The normalized spacial score (nSPS) is 14.6. The second kappa shape index (κ2) is 6.44. The Morgan fingerprint density at radius 2 is 1.87 bits per heavy atom. The molecule has 23 heavy (non-hydrogen) atoms. The van der Waals surface area contributed by atoms with Gasteiger partial charge in [-0.25, -0.2) is 18.0 Å². The van der Waals surface area contributed by atoms with Crippen LogP contribution in [0.1, 0.15) is 53.1 Å². The zero-order chi connectivity index (χ0) is 16.4. The predicted octanol–water partition coefficient (Wildman–Crippen LogP) is 5.25. The van der Waals surface area contributed by atoms with Crippen molar-refractivity contribution in [1.29, 1.82) is 0 Å². The number of carbonyl (C=O) groups is 1. The Bertz CT molecular complexity index is 724. The number of benzene rings is 2. The Morgan fingerprint density at radius 3 is 2.48 bits per heavy atom. The number of hydrogen-bond donors (Lipinski definition) is 0. The maximum absolute atomic E-state index is 13.6. The minimum absolute atomic E-state index is 0.0830. The summed E-state index contributed by atoms with van der Waals surface area (Å²) in [7, 11) is 0. The van der Waals surface area contributed by atoms with E-state index in [1.54, 1.807) is 12.1 Å². The van der Waals surface area contributed by atoms with Crippen molar-refractivity contribution in [2.24, 2.45) is 0 Å². The largest absolute Gasteiger partial charge is 0.423 e. The predicted molar refractivity (Wildman–Crippen MR) is 79.3 cm³/mol. The second-order valence-corrected chi connectivity index (χ2v) is 5.59. The number of alkyl halides is 2. The van der Waals surface area contributed by atoms with Gasteiger partial charge in [-0.2, -0.15) is 0 Å². The van der Waals surface area contributed by atoms with Crippen LogP contribution < -0.4 is 4.74 Å². The van der Waals surface area contributed by atoms with Gasteiger partial charge in [0.25, 0.3) is 6.43 Å². The van der Waals surface area contributed by atoms with Crippen molar-refractivity contribution >= 4 is 5.97 Å². The van der Waals surface area contributed by atoms with Crippen molar-refractivity contribution in [2.75, 3.05) is 0 Å². The molecule has 1 aliphatic rings. The molecule has 2 aromatic carbocycles. The molecule has 0 aliphatic heterocycles. The molecule has 0 atom stereocenters. The summed E-state index contributed by atoms with van der Waals surface area (Å²) in [6.07, 6.45) is 0.289. The van der Waals surface area contributed by atoms with Crippen molar-refractivity contribution < 1.29 is 22.7 Å². The zero-order valence-corrected chi connectivity index (χ0v) is 12.3. The van der Waals surface area contributed by atoms with Gasteiger partial charge >= 0.3 is 5.97 Å². The molecule has 120 valence electrons. The molecular formula is C18H15F3O2. The molecule has 2 nitrogen and oxygen atoms in total. The molecule has 1 aliphatic carbocycles. The Morgan fingerprint density at radius 1 is 1.13 bits per heavy atom. The average Bonchev–Trinajstić information content (AvgIpc) is 2.45. The van der Waals surface area contributed by atoms with E-state index in [4.69, 9.17) is 4.74 Å². The van der Waals surface area contributed by atoms with Gasteiger partial charge in [-0.05, 0) is 42.5 Å². The number of hydrogen-bond acceptors (Lipinski definition) is 2. The summed E-state index contributed by atoms with van der Waals surface area (Å²) in [5.74, 6) is -1.42. The Kier molecular flexibility index (Phi) is 4.37. The van der Waals surface area contributed by atoms with Crippen LogP contribution in [0.25, 0.3) is 0 Å². The van der Waals surface area contributed by atoms with Crippen LogP contribution in [-0.4, -0.2) is 5.97 Å². The molecule has 0 bridgehead atoms. The molecule has 1 fully saturated rings. The van der Waals surface area contributed by atoms with Gasteiger partial charge in [0.1, 0.15) is 11.6 Å². The summed E-state index contributed by atoms with van der Waals surface area (Å²) in [5.41, 5.74) is 0.656. The summed E-state index contributed by atoms with van der Waals surface area (Å²) in [4.78, 5) is 12.3. The fraction of sp³-hybridized carbons (Fsp3) is 0.278. The van der Waals surface area contributed by atoms with Crippen LogP contribution in [-0.2, 0) is 0 Å². The summed E-state index contributed by atoms with van der Waals surface area (Å²) < 4.78 is 43.8. The fourth-order valence-electron chi connectivity index (χ4n) is 2.67. The van der Waals surface area contributed by atoms with E-state index in [1.807, 2.05) is 12.1 Å². The molecule has 0 N–H and O–H groups in total. The summed E-state index contributed by atoms with van der Waals surface area (Å²) in [6, 6.07) is 10.1. The lowest BCUT2D eigenvalue weighted by molar-refractivity contribution is 0.0731. The van der Waals surface area contributed by atoms with E-state index in [-0.39, 0.29) is 5.75 Å². The van der Waals surface area contributed by atoms with Crippen molar-refractivity contribution in [3.05, 3.63) is 65.0 Å². The van der Waals surface area contributed by atoms with E-state index in [2.05, 4.69) is 0 Å². The molecule has 0 aromatic heterocycles. The number of ether oxygens (including phenoxy) is 1. The Labute approximate surface area is 131 Å². The number of halogens is 3. The third kappa shape index (κ3) is 3.23. The van der Waals surface area contributed by atoms with E-state index >= 15 is 0 Å². The van der Waals surface area contributed by atoms with Crippen LogP contribution >= 0.6 is 0 Å². The molecule has 2 aromatic rings. The second-order valence-electron chi connectivity index (χ2n) is 5.59. The zero-order valence-electron chi connectivity index (χ0n) is 12.3. The van der Waals surface area contributed by atoms with E-state index < -0.39 is 23.8 Å². The summed E-state index contributed by atoms with van der Waals surface area (Å²) >= 11 is 0. The highest BCUT2D eigenvalue weighted by molar-refractivity contribution is 5.92. The Hall–Kier alpha value is -2.30. The molecule has 0 radical (unpaired) electrons. The van der Waals surface area contributed by atoms with Gasteiger partial charge in [0.05, 0.1) is 11.1 Å². The first kappa shape index (κ1) is 15.6. The van der Waals surface area contributed by atoms with Crippen molar-refractivity contribution in [2.45, 2.75) is 31.6 Å². The maximum atomic E-state index is 13.6. The molecule has 0 heterocycles. The minimum Gasteiger partial charge on any atom is -0.423 e. The van der Waals surface area contributed by atoms with Gasteiger partial charge in [0.2, 0.25) is 0 Å². The van der Waals surface area contributed by atoms with Crippen LogP contribution in [0.3, 0.4) is 0 Å². The quantitative estimate of drug-likeness (QED) is 0.568. The van der Waals surface area contributed by atoms with Crippen LogP contribution in [0, 0.1) is 5.82 Å². The SMILES string of the molecule is O=C(Oc1ccc(C(F)F)c(F)c1)c1ccccc1C1CCC1. The number of esters is 1. The molecule has 5 heteroatoms. The monoisotopic (exact) mass is 320 g/mol. The van der Waals surface area contributed by atoms with Crippen LogP contribution in [0.4, 0.5) is 13.2 Å². The lowest BCUT2D eigenvalue weighted by Crippen LogP contribution is -2.17. The van der Waals surface area contributed by atoms with Crippen molar-refractivity contribution in [1.82, 2.24) is 0 Å². The van der Waals surface area contributed by atoms with Crippen LogP contribution in [0.5, 0.6) is 5.75 Å². The third-order valence-corrected chi connectivity index (χ3v) is 4.14. The first-order valence-electron chi connectivity index (χ1n) is 7.45. The van der Waals surface area contributed by atoms with E-state index in [1.165, 1.54) is 6.07 Å². The lowest BCUT2D eigenvalue weighted by Gasteiger charge is -2.27. The molecule has 0 spiro atoms. The average molecular weight is 320 g/mol. The fourth-order valence-corrected chi connectivity index (χ4v) is 2.67. The first-order chi connectivity index (χ1) is 11.1. The standard InChI is InChI=1S/C18H15F3O2/c19-16-10-12(8-9-15(16)17(20)21)23-18(22)14-7-2-1-6-13(14)11-4-3-5-11/h1-2,6-11,17H,3-5H2. The van der Waals surface area contributed by atoms with Gasteiger partial charge in [0, 0.05) is 6.07 Å². The summed E-state index contributed by atoms with van der Waals surface area (Å²) in [6.45, 7) is 0. The third-order valence-electron chi connectivity index (χ3n) is 4.14. The Balaban J connectivity index is 1.81. The number of rotatable bonds is 4. The summed E-state index contributed by atoms with van der Waals surface area (Å²) in [5, 5.41) is 0. The maximum Gasteiger partial charge on any atom is 0.343 e. The molecule has 1 saturated carbocycles. The van der Waals surface area contributed by atoms with E-state index in [9.17, 15) is 18.0 Å². The molecule has 0 unspecified atom stereocenters. The lowest BCUT2D eigenvalue weighted by atomic mass is 9.78. The van der Waals surface area contributed by atoms with Crippen molar-refractivity contribution in [3.63, 3.8) is 0 Å². The van der Waals surface area contributed by atoms with Gasteiger partial charge in [-0.3, -0.25) is 0 Å². The van der Waals surface area contributed by atoms with Gasteiger partial charge in [-0.15, -0.1) is 0 Å². The van der Waals surface area contributed by atoms with Crippen molar-refractivity contribution in [3.8, 4) is 5.75 Å². The van der Waals surface area contributed by atoms with E-state index in [0.29, 0.717) is 11.5 Å². The van der Waals surface area contributed by atoms with Crippen LogP contribution in [0.2, 0.25) is 0 Å². The highest BCUT2D eigenvalue weighted by atomic mass is 19.3.